The number of ether oxygens (including phenoxy) is 1. The van der Waals surface area contributed by atoms with Crippen LogP contribution in [0.1, 0.15) is 49.3 Å². The molecular formula is C17H24O2. The van der Waals surface area contributed by atoms with Gasteiger partial charge in [-0.15, -0.1) is 0 Å². The van der Waals surface area contributed by atoms with Crippen LogP contribution in [0.4, 0.5) is 0 Å². The molecule has 2 rings (SSSR count). The van der Waals surface area contributed by atoms with E-state index in [0.29, 0.717) is 13.0 Å². The van der Waals surface area contributed by atoms with Crippen LogP contribution in [-0.2, 0) is 16.0 Å². The first-order valence-electron chi connectivity index (χ1n) is 7.31. The molecule has 0 atom stereocenters. The molecule has 2 heteroatoms. The highest BCUT2D eigenvalue weighted by Gasteiger charge is 2.41. The van der Waals surface area contributed by atoms with Gasteiger partial charge in [-0.3, -0.25) is 4.79 Å². The highest BCUT2D eigenvalue weighted by molar-refractivity contribution is 5.89. The van der Waals surface area contributed by atoms with Crippen LogP contribution in [0.2, 0.25) is 0 Å². The van der Waals surface area contributed by atoms with Crippen LogP contribution < -0.4 is 0 Å². The van der Waals surface area contributed by atoms with Crippen LogP contribution in [0.5, 0.6) is 0 Å². The lowest BCUT2D eigenvalue weighted by atomic mass is 9.89. The second-order valence-electron chi connectivity index (χ2n) is 5.66. The van der Waals surface area contributed by atoms with Crippen molar-refractivity contribution >= 4 is 5.78 Å². The highest BCUT2D eigenvalue weighted by atomic mass is 16.5. The molecule has 0 unspecified atom stereocenters. The van der Waals surface area contributed by atoms with E-state index in [2.05, 4.69) is 32.0 Å². The van der Waals surface area contributed by atoms with Crippen LogP contribution in [0.15, 0.2) is 18.2 Å². The summed E-state index contributed by atoms with van der Waals surface area (Å²) in [6, 6.07) is 6.32. The fourth-order valence-corrected chi connectivity index (χ4v) is 3.05. The van der Waals surface area contributed by atoms with Gasteiger partial charge in [-0.25, -0.2) is 0 Å². The fourth-order valence-electron chi connectivity index (χ4n) is 3.05. The zero-order chi connectivity index (χ0) is 13.9. The van der Waals surface area contributed by atoms with Gasteiger partial charge in [-0.05, 0) is 57.6 Å². The van der Waals surface area contributed by atoms with Crippen molar-refractivity contribution < 1.29 is 9.53 Å². The Morgan fingerprint density at radius 2 is 1.95 bits per heavy atom. The van der Waals surface area contributed by atoms with Crippen molar-refractivity contribution in [2.45, 2.75) is 58.5 Å². The molecule has 104 valence electrons. The van der Waals surface area contributed by atoms with E-state index in [9.17, 15) is 4.79 Å². The molecule has 0 spiro atoms. The summed E-state index contributed by atoms with van der Waals surface area (Å²) in [5.74, 6) is 0.264. The van der Waals surface area contributed by atoms with Gasteiger partial charge in [-0.2, -0.15) is 0 Å². The van der Waals surface area contributed by atoms with Crippen LogP contribution in [0.25, 0.3) is 0 Å². The Morgan fingerprint density at radius 3 is 2.58 bits per heavy atom. The third-order valence-corrected chi connectivity index (χ3v) is 4.20. The Kier molecular flexibility index (Phi) is 4.41. The van der Waals surface area contributed by atoms with Gasteiger partial charge < -0.3 is 4.74 Å². The topological polar surface area (TPSA) is 26.3 Å². The zero-order valence-electron chi connectivity index (χ0n) is 12.3. The summed E-state index contributed by atoms with van der Waals surface area (Å²) in [4.78, 5) is 12.7. The van der Waals surface area contributed by atoms with Crippen LogP contribution in [0.3, 0.4) is 0 Å². The lowest BCUT2D eigenvalue weighted by Gasteiger charge is -2.27. The maximum Gasteiger partial charge on any atom is 0.168 e. The lowest BCUT2D eigenvalue weighted by molar-refractivity contribution is -0.142. The smallest absolute Gasteiger partial charge is 0.168 e. The number of aryl methyl sites for hydroxylation is 2. The quantitative estimate of drug-likeness (QED) is 0.805. The van der Waals surface area contributed by atoms with Crippen LogP contribution in [-0.4, -0.2) is 18.0 Å². The molecule has 0 aromatic heterocycles. The third-order valence-electron chi connectivity index (χ3n) is 4.20. The van der Waals surface area contributed by atoms with Gasteiger partial charge in [0.25, 0.3) is 0 Å². The lowest BCUT2D eigenvalue weighted by Crippen LogP contribution is -2.40. The maximum absolute atomic E-state index is 12.7. The average Bonchev–Trinajstić information content (AvgIpc) is 2.84. The minimum absolute atomic E-state index is 0.264. The van der Waals surface area contributed by atoms with Crippen molar-refractivity contribution in [2.24, 2.45) is 0 Å². The number of carbonyl (C=O) groups is 1. The van der Waals surface area contributed by atoms with Crippen molar-refractivity contribution in [2.75, 3.05) is 6.61 Å². The zero-order valence-corrected chi connectivity index (χ0v) is 12.3. The monoisotopic (exact) mass is 260 g/mol. The molecule has 0 aliphatic heterocycles. The predicted molar refractivity (Wildman–Crippen MR) is 77.5 cm³/mol. The summed E-state index contributed by atoms with van der Waals surface area (Å²) in [6.45, 7) is 6.75. The van der Waals surface area contributed by atoms with Crippen molar-refractivity contribution in [3.8, 4) is 0 Å². The van der Waals surface area contributed by atoms with E-state index >= 15 is 0 Å². The molecule has 0 amide bonds. The maximum atomic E-state index is 12.7. The van der Waals surface area contributed by atoms with Gasteiger partial charge in [0, 0.05) is 13.0 Å². The number of hydrogen-bond acceptors (Lipinski definition) is 2. The van der Waals surface area contributed by atoms with Crippen molar-refractivity contribution in [3.05, 3.63) is 34.9 Å². The first kappa shape index (κ1) is 14.3. The SMILES string of the molecule is CCOC1(C(=O)Cc2cc(C)ccc2C)CCCC1. The highest BCUT2D eigenvalue weighted by Crippen LogP contribution is 2.35. The van der Waals surface area contributed by atoms with Gasteiger partial charge in [0.15, 0.2) is 5.78 Å². The number of Topliss-reactive ketones (excluding diaryl/α,β-unsaturated/α-hetero) is 1. The summed E-state index contributed by atoms with van der Waals surface area (Å²) in [7, 11) is 0. The molecule has 0 saturated heterocycles. The molecule has 1 fully saturated rings. The molecule has 0 bridgehead atoms. The molecule has 1 aromatic carbocycles. The summed E-state index contributed by atoms with van der Waals surface area (Å²) in [6.07, 6.45) is 4.51. The summed E-state index contributed by atoms with van der Waals surface area (Å²) >= 11 is 0. The van der Waals surface area contributed by atoms with Gasteiger partial charge in [0.2, 0.25) is 0 Å². The average molecular weight is 260 g/mol. The van der Waals surface area contributed by atoms with Crippen molar-refractivity contribution in [3.63, 3.8) is 0 Å². The second kappa shape index (κ2) is 5.87. The van der Waals surface area contributed by atoms with E-state index < -0.39 is 5.60 Å². The molecule has 1 aromatic rings. The molecule has 2 nitrogen and oxygen atoms in total. The molecule has 19 heavy (non-hydrogen) atoms. The Morgan fingerprint density at radius 1 is 1.26 bits per heavy atom. The van der Waals surface area contributed by atoms with E-state index in [-0.39, 0.29) is 5.78 Å². The number of rotatable bonds is 5. The molecule has 1 aliphatic carbocycles. The second-order valence-corrected chi connectivity index (χ2v) is 5.66. The Hall–Kier alpha value is -1.15. The molecule has 1 saturated carbocycles. The van der Waals surface area contributed by atoms with E-state index in [1.165, 1.54) is 11.1 Å². The van der Waals surface area contributed by atoms with Gasteiger partial charge in [-0.1, -0.05) is 23.8 Å². The largest absolute Gasteiger partial charge is 0.367 e. The van der Waals surface area contributed by atoms with E-state index in [0.717, 1.165) is 31.2 Å². The predicted octanol–water partition coefficient (Wildman–Crippen LogP) is 3.76. The Bertz CT molecular complexity index is 456. The van der Waals surface area contributed by atoms with Crippen LogP contribution in [0, 0.1) is 13.8 Å². The minimum Gasteiger partial charge on any atom is -0.367 e. The van der Waals surface area contributed by atoms with E-state index in [1.807, 2.05) is 6.92 Å². The summed E-state index contributed by atoms with van der Waals surface area (Å²) < 4.78 is 5.85. The fraction of sp³-hybridized carbons (Fsp3) is 0.588. The Balaban J connectivity index is 2.17. The molecule has 1 aliphatic rings. The van der Waals surface area contributed by atoms with Crippen molar-refractivity contribution in [1.29, 1.82) is 0 Å². The number of benzene rings is 1. The van der Waals surface area contributed by atoms with Gasteiger partial charge >= 0.3 is 0 Å². The standard InChI is InChI=1S/C17H24O2/c1-4-19-17(9-5-6-10-17)16(18)12-15-11-13(2)7-8-14(15)3/h7-8,11H,4-6,9-10,12H2,1-3H3. The van der Waals surface area contributed by atoms with Gasteiger partial charge in [0.1, 0.15) is 5.60 Å². The summed E-state index contributed by atoms with van der Waals surface area (Å²) in [5.41, 5.74) is 3.06. The number of hydrogen-bond donors (Lipinski definition) is 0. The number of ketones is 1. The van der Waals surface area contributed by atoms with E-state index in [4.69, 9.17) is 4.74 Å². The van der Waals surface area contributed by atoms with Crippen molar-refractivity contribution in [1.82, 2.24) is 0 Å². The molecule has 0 N–H and O–H groups in total. The first-order chi connectivity index (χ1) is 9.07. The number of carbonyl (C=O) groups excluding carboxylic acids is 1. The molecule has 0 radical (unpaired) electrons. The van der Waals surface area contributed by atoms with Crippen LogP contribution >= 0.6 is 0 Å². The summed E-state index contributed by atoms with van der Waals surface area (Å²) in [5, 5.41) is 0. The van der Waals surface area contributed by atoms with Gasteiger partial charge in [0.05, 0.1) is 0 Å². The Labute approximate surface area is 116 Å². The normalized spacial score (nSPS) is 17.6. The van der Waals surface area contributed by atoms with E-state index in [1.54, 1.807) is 0 Å². The third kappa shape index (κ3) is 3.06. The first-order valence-corrected chi connectivity index (χ1v) is 7.31. The minimum atomic E-state index is -0.495. The molecule has 0 heterocycles. The molecular weight excluding hydrogens is 236 g/mol.